The Kier molecular flexibility index (Phi) is 8.42. The highest BCUT2D eigenvalue weighted by Gasteiger charge is 2.40. The van der Waals surface area contributed by atoms with Crippen LogP contribution in [0.1, 0.15) is 50.8 Å². The quantitative estimate of drug-likeness (QED) is 0.269. The maximum absolute atomic E-state index is 15.7. The van der Waals surface area contributed by atoms with Gasteiger partial charge in [-0.15, -0.1) is 11.3 Å². The number of imidazole rings is 1. The first-order chi connectivity index (χ1) is 19.9. The van der Waals surface area contributed by atoms with Crippen LogP contribution in [-0.2, 0) is 21.2 Å². The van der Waals surface area contributed by atoms with Gasteiger partial charge in [-0.1, -0.05) is 22.9 Å². The highest BCUT2D eigenvalue weighted by molar-refractivity contribution is 7.92. The molecule has 17 heteroatoms. The first-order valence-electron chi connectivity index (χ1n) is 12.9. The second-order valence-electron chi connectivity index (χ2n) is 9.45. The zero-order valence-electron chi connectivity index (χ0n) is 23.1. The van der Waals surface area contributed by atoms with Gasteiger partial charge in [0, 0.05) is 26.1 Å². The van der Waals surface area contributed by atoms with Gasteiger partial charge in [-0.25, -0.2) is 27.3 Å². The van der Waals surface area contributed by atoms with Crippen molar-refractivity contribution in [3.63, 3.8) is 0 Å². The van der Waals surface area contributed by atoms with Crippen molar-refractivity contribution >= 4 is 66.9 Å². The monoisotopic (exact) mass is 655 g/mol. The van der Waals surface area contributed by atoms with Crippen LogP contribution < -0.4 is 9.46 Å². The van der Waals surface area contributed by atoms with Gasteiger partial charge in [-0.05, 0) is 39.0 Å². The van der Waals surface area contributed by atoms with E-state index in [1.54, 1.807) is 9.42 Å². The molecule has 1 unspecified atom stereocenters. The predicted octanol–water partition coefficient (Wildman–Crippen LogP) is 3.75. The molecule has 1 aliphatic rings. The number of rotatable bonds is 9. The van der Waals surface area contributed by atoms with Crippen molar-refractivity contribution in [2.75, 3.05) is 37.2 Å². The Labute approximate surface area is 254 Å². The van der Waals surface area contributed by atoms with Crippen LogP contribution in [-0.4, -0.2) is 82.1 Å². The molecule has 1 atom stereocenters. The van der Waals surface area contributed by atoms with E-state index < -0.39 is 34.4 Å². The molecule has 4 aromatic heterocycles. The summed E-state index contributed by atoms with van der Waals surface area (Å²) in [7, 11) is -3.57. The third-order valence-electron chi connectivity index (χ3n) is 6.57. The molecule has 2 amide bonds. The normalized spacial score (nSPS) is 15.1. The molecule has 1 aliphatic heterocycles. The number of halogens is 2. The predicted molar refractivity (Wildman–Crippen MR) is 158 cm³/mol. The van der Waals surface area contributed by atoms with Crippen molar-refractivity contribution in [3.05, 3.63) is 55.3 Å². The molecule has 5 heterocycles. The van der Waals surface area contributed by atoms with Gasteiger partial charge in [0.1, 0.15) is 22.7 Å². The van der Waals surface area contributed by atoms with Crippen LogP contribution in [0.2, 0.25) is 5.15 Å². The number of aromatic nitrogens is 4. The molecule has 0 saturated heterocycles. The Hall–Kier alpha value is -3.34. The number of sulfonamides is 1. The van der Waals surface area contributed by atoms with E-state index in [1.165, 1.54) is 34.4 Å². The van der Waals surface area contributed by atoms with Crippen molar-refractivity contribution in [2.45, 2.75) is 33.2 Å². The standard InChI is InChI=1S/C25H27ClFN7O5S3/c1-5-32(6-2)24(36)17-11-14(27)22(41-17)21-20-15(28-25-34(20)30-13(3)40-25)9-10-33(21)19(35)12-39-16-7-8-18(29-23(16)26)31-42(4,37)38/h7-8,11,21H,5-6,9-10,12H2,1-4H3,(H,29,31). The van der Waals surface area contributed by atoms with Crippen molar-refractivity contribution in [2.24, 2.45) is 0 Å². The number of amides is 2. The lowest BCUT2D eigenvalue weighted by Gasteiger charge is -2.34. The molecule has 0 aliphatic carbocycles. The molecular formula is C25H27ClFN7O5S3. The van der Waals surface area contributed by atoms with Crippen molar-refractivity contribution in [1.82, 2.24) is 29.4 Å². The summed E-state index contributed by atoms with van der Waals surface area (Å²) in [5.74, 6) is -1.29. The summed E-state index contributed by atoms with van der Waals surface area (Å²) < 4.78 is 48.2. The van der Waals surface area contributed by atoms with Gasteiger partial charge in [0.25, 0.3) is 11.8 Å². The summed E-state index contributed by atoms with van der Waals surface area (Å²) in [6.45, 7) is 6.26. The number of hydrogen-bond acceptors (Lipinski definition) is 10. The molecule has 1 N–H and O–H groups in total. The molecule has 42 heavy (non-hydrogen) atoms. The van der Waals surface area contributed by atoms with Gasteiger partial charge < -0.3 is 14.5 Å². The summed E-state index contributed by atoms with van der Waals surface area (Å²) in [5.41, 5.74) is 1.27. The maximum atomic E-state index is 15.7. The number of nitrogens with zero attached hydrogens (tertiary/aromatic N) is 6. The van der Waals surface area contributed by atoms with E-state index in [0.717, 1.165) is 22.6 Å². The second kappa shape index (κ2) is 11.7. The number of pyridine rings is 1. The average Bonchev–Trinajstić information content (AvgIpc) is 3.58. The molecule has 0 radical (unpaired) electrons. The van der Waals surface area contributed by atoms with Crippen LogP contribution in [0.5, 0.6) is 5.75 Å². The highest BCUT2D eigenvalue weighted by atomic mass is 35.5. The van der Waals surface area contributed by atoms with Crippen LogP contribution in [0, 0.1) is 12.7 Å². The summed E-state index contributed by atoms with van der Waals surface area (Å²) in [6.07, 6.45) is 1.39. The minimum atomic E-state index is -3.57. The summed E-state index contributed by atoms with van der Waals surface area (Å²) in [5, 5.41) is 5.17. The number of nitrogens with one attached hydrogen (secondary N) is 1. The highest BCUT2D eigenvalue weighted by Crippen LogP contribution is 2.41. The minimum Gasteiger partial charge on any atom is -0.481 e. The molecule has 224 valence electrons. The first-order valence-corrected chi connectivity index (χ1v) is 16.8. The Morgan fingerprint density at radius 2 is 1.98 bits per heavy atom. The SMILES string of the molecule is CCN(CC)C(=O)c1cc(F)c(C2c3c(nc4sc(C)nn34)CCN2C(=O)COc2ccc(NS(C)(=O)=O)nc2Cl)s1. The zero-order valence-corrected chi connectivity index (χ0v) is 26.3. The number of hydrogen-bond donors (Lipinski definition) is 1. The Balaban J connectivity index is 1.48. The van der Waals surface area contributed by atoms with Crippen LogP contribution in [0.4, 0.5) is 10.2 Å². The van der Waals surface area contributed by atoms with E-state index in [4.69, 9.17) is 21.3 Å². The summed E-state index contributed by atoms with van der Waals surface area (Å²) in [4.78, 5) is 39.5. The van der Waals surface area contributed by atoms with E-state index >= 15 is 4.39 Å². The third-order valence-corrected chi connectivity index (χ3v) is 9.40. The van der Waals surface area contributed by atoms with E-state index in [-0.39, 0.29) is 38.9 Å². The van der Waals surface area contributed by atoms with E-state index in [0.29, 0.717) is 35.9 Å². The van der Waals surface area contributed by atoms with Crippen molar-refractivity contribution < 1.29 is 27.1 Å². The summed E-state index contributed by atoms with van der Waals surface area (Å²) >= 11 is 8.57. The second-order valence-corrected chi connectivity index (χ2v) is 13.8. The van der Waals surface area contributed by atoms with E-state index in [2.05, 4.69) is 14.8 Å². The Morgan fingerprint density at radius 3 is 2.64 bits per heavy atom. The molecule has 5 rings (SSSR count). The van der Waals surface area contributed by atoms with Gasteiger partial charge in [-0.3, -0.25) is 14.3 Å². The van der Waals surface area contributed by atoms with Gasteiger partial charge in [-0.2, -0.15) is 5.10 Å². The molecule has 0 saturated carbocycles. The van der Waals surface area contributed by atoms with Crippen LogP contribution in [0.3, 0.4) is 0 Å². The fourth-order valence-corrected chi connectivity index (χ4v) is 7.33. The number of thiophene rings is 1. The Bertz CT molecular complexity index is 1780. The van der Waals surface area contributed by atoms with Crippen LogP contribution in [0.15, 0.2) is 18.2 Å². The van der Waals surface area contributed by atoms with Gasteiger partial charge in [0.2, 0.25) is 15.0 Å². The first kappa shape index (κ1) is 30.1. The number of carbonyl (C=O) groups excluding carboxylic acids is 2. The van der Waals surface area contributed by atoms with E-state index in [9.17, 15) is 18.0 Å². The molecule has 12 nitrogen and oxygen atoms in total. The summed E-state index contributed by atoms with van der Waals surface area (Å²) in [6, 6.07) is 3.06. The lowest BCUT2D eigenvalue weighted by atomic mass is 10.0. The number of carbonyl (C=O) groups is 2. The fraction of sp³-hybridized carbons (Fsp3) is 0.400. The van der Waals surface area contributed by atoms with Crippen molar-refractivity contribution in [3.8, 4) is 5.75 Å². The van der Waals surface area contributed by atoms with Gasteiger partial charge in [0.15, 0.2) is 17.5 Å². The number of aryl methyl sites for hydroxylation is 1. The molecule has 4 aromatic rings. The lowest BCUT2D eigenvalue weighted by molar-refractivity contribution is -0.135. The van der Waals surface area contributed by atoms with Gasteiger partial charge >= 0.3 is 0 Å². The Morgan fingerprint density at radius 1 is 1.24 bits per heavy atom. The maximum Gasteiger partial charge on any atom is 0.264 e. The minimum absolute atomic E-state index is 0.00339. The lowest BCUT2D eigenvalue weighted by Crippen LogP contribution is -2.43. The molecular weight excluding hydrogens is 629 g/mol. The fourth-order valence-electron chi connectivity index (χ4n) is 4.74. The zero-order chi connectivity index (χ0) is 30.3. The molecule has 0 bridgehead atoms. The third kappa shape index (κ3) is 5.93. The van der Waals surface area contributed by atoms with Crippen LogP contribution >= 0.6 is 34.3 Å². The van der Waals surface area contributed by atoms with Gasteiger partial charge in [0.05, 0.1) is 27.4 Å². The molecule has 0 spiro atoms. The van der Waals surface area contributed by atoms with Crippen molar-refractivity contribution in [1.29, 1.82) is 0 Å². The largest absolute Gasteiger partial charge is 0.481 e. The topological polar surface area (TPSA) is 139 Å². The number of ether oxygens (including phenoxy) is 1. The molecule has 0 fully saturated rings. The average molecular weight is 656 g/mol. The number of anilines is 1. The molecule has 0 aromatic carbocycles. The van der Waals surface area contributed by atoms with E-state index in [1.807, 2.05) is 20.8 Å². The smallest absolute Gasteiger partial charge is 0.264 e. The number of fused-ring (bicyclic) bond motifs is 3. The van der Waals surface area contributed by atoms with Crippen LogP contribution in [0.25, 0.3) is 4.96 Å².